The van der Waals surface area contributed by atoms with Crippen molar-refractivity contribution in [2.45, 2.75) is 81.1 Å². The van der Waals surface area contributed by atoms with Gasteiger partial charge < -0.3 is 19.8 Å². The number of phenolic OH excluding ortho intramolecular Hbond substituents is 3. The van der Waals surface area contributed by atoms with Crippen LogP contribution in [0.5, 0.6) is 17.2 Å². The summed E-state index contributed by atoms with van der Waals surface area (Å²) in [6.45, 7) is 7.82. The van der Waals surface area contributed by atoms with Gasteiger partial charge in [-0.15, -0.1) is 0 Å². The van der Waals surface area contributed by atoms with Crippen molar-refractivity contribution in [2.75, 3.05) is 0 Å². The zero-order chi connectivity index (χ0) is 25.0. The number of ketones is 1. The number of fused-ring (bicyclic) bond motifs is 1. The van der Waals surface area contributed by atoms with Gasteiger partial charge in [-0.25, -0.2) is 0 Å². The molecule has 0 bridgehead atoms. The predicted molar refractivity (Wildman–Crippen MR) is 142 cm³/mol. The highest BCUT2D eigenvalue weighted by Crippen LogP contribution is 2.32. The second-order valence-electron chi connectivity index (χ2n) is 7.25. The zero-order valence-corrected chi connectivity index (χ0v) is 20.3. The van der Waals surface area contributed by atoms with E-state index in [2.05, 4.69) is 34.2 Å². The predicted octanol–water partition coefficient (Wildman–Crippen LogP) is 6.99. The molecule has 0 atom stereocenters. The first-order valence-corrected chi connectivity index (χ1v) is 11.2. The van der Waals surface area contributed by atoms with Crippen molar-refractivity contribution in [1.29, 1.82) is 0 Å². The van der Waals surface area contributed by atoms with E-state index in [1.165, 1.54) is 12.1 Å². The molecule has 1 aromatic heterocycles. The lowest BCUT2D eigenvalue weighted by molar-refractivity contribution is 0.0985. The third-order valence-corrected chi connectivity index (χ3v) is 5.01. The molecule has 3 rings (SSSR count). The van der Waals surface area contributed by atoms with Crippen molar-refractivity contribution in [2.24, 2.45) is 5.90 Å². The lowest BCUT2D eigenvalue weighted by atomic mass is 10.00. The number of nitrogens with zero attached hydrogens (tertiary/aromatic N) is 1. The van der Waals surface area contributed by atoms with Crippen LogP contribution in [0.25, 0.3) is 11.0 Å². The first-order valence-electron chi connectivity index (χ1n) is 10.9. The van der Waals surface area contributed by atoms with E-state index in [1.807, 2.05) is 19.9 Å². The summed E-state index contributed by atoms with van der Waals surface area (Å²) >= 11 is 4.28. The summed E-state index contributed by atoms with van der Waals surface area (Å²) in [5.41, 5.74) is 3.36. The number of phenols is 3. The number of aromatic nitrogens is 1. The fraction of sp³-hybridized carbons (Fsp3) is 0.462. The van der Waals surface area contributed by atoms with E-state index in [9.17, 15) is 20.1 Å². The molecule has 9 heteroatoms. The molecule has 5 N–H and O–H groups in total. The minimum absolute atomic E-state index is 0. The van der Waals surface area contributed by atoms with Crippen molar-refractivity contribution in [1.82, 2.24) is 5.16 Å². The molecule has 0 amide bonds. The van der Waals surface area contributed by atoms with E-state index in [-0.39, 0.29) is 32.1 Å². The Morgan fingerprint density at radius 3 is 2.00 bits per heavy atom. The average molecular weight is 513 g/mol. The first-order chi connectivity index (χ1) is 15.8. The van der Waals surface area contributed by atoms with E-state index < -0.39 is 0 Å². The largest absolute Gasteiger partial charge is 0.508 e. The molecule has 8 nitrogen and oxygen atoms in total. The molecule has 35 heavy (non-hydrogen) atoms. The van der Waals surface area contributed by atoms with E-state index >= 15 is 0 Å². The lowest BCUT2D eigenvalue weighted by Gasteiger charge is -2.09. The van der Waals surface area contributed by atoms with Gasteiger partial charge in [-0.1, -0.05) is 60.5 Å². The molecule has 0 aliphatic rings. The van der Waals surface area contributed by atoms with Gasteiger partial charge in [0.15, 0.2) is 11.4 Å². The number of benzene rings is 2. The molecule has 0 saturated carbocycles. The van der Waals surface area contributed by atoms with Gasteiger partial charge in [-0.05, 0) is 43.5 Å². The Morgan fingerprint density at radius 2 is 1.49 bits per heavy atom. The average Bonchev–Trinajstić information content (AvgIpc) is 3.22. The summed E-state index contributed by atoms with van der Waals surface area (Å²) in [5, 5.41) is 34.1. The van der Waals surface area contributed by atoms with E-state index in [4.69, 9.17) is 4.52 Å². The number of Topliss-reactive ketones (excluding diaryl/α,β-unsaturated/α-hetero) is 1. The van der Waals surface area contributed by atoms with Crippen molar-refractivity contribution in [3.8, 4) is 17.2 Å². The van der Waals surface area contributed by atoms with Gasteiger partial charge in [0.25, 0.3) is 0 Å². The first kappa shape index (κ1) is 34.4. The highest BCUT2D eigenvalue weighted by molar-refractivity contribution is 6.07. The molecule has 0 fully saturated rings. The van der Waals surface area contributed by atoms with E-state index in [0.29, 0.717) is 29.7 Å². The number of carbonyl (C=O) groups is 1. The van der Waals surface area contributed by atoms with Gasteiger partial charge in [-0.2, -0.15) is 10.3 Å². The number of rotatable bonds is 7. The summed E-state index contributed by atoms with van der Waals surface area (Å²) < 4.78 is 8.52. The van der Waals surface area contributed by atoms with Crippen LogP contribution in [0.3, 0.4) is 0 Å². The second-order valence-corrected chi connectivity index (χ2v) is 7.43. The standard InChI is InChI=1S/C12H15NO2.C12H16O3.2CH4.ClH2NO/c1-3-5-9-11(14)7-6-8-10(4-2)13-15-12(8)9;1-3-5-8-11(14)7-6-9(12(8)15)10(13)4-2;;;1-3-2/h6-7,14H,3-5H2,1-2H3;6-7,14-15H,3-5H2,1-2H3;2*1H4;2H2. The molecule has 1 heterocycles. The minimum Gasteiger partial charge on any atom is -0.508 e. The normalized spacial score (nSPS) is 9.66. The van der Waals surface area contributed by atoms with Crippen LogP contribution in [0.15, 0.2) is 28.8 Å². The SMILES string of the molecule is C.C.CCCc1c(O)ccc(C(=O)CC)c1O.CCCc1c(O)ccc2c(CC)noc12.NOCl. The molecule has 198 valence electrons. The Labute approximate surface area is 213 Å². The van der Waals surface area contributed by atoms with Crippen molar-refractivity contribution >= 4 is 28.6 Å². The maximum Gasteiger partial charge on any atom is 0.174 e. The van der Waals surface area contributed by atoms with E-state index in [0.717, 1.165) is 47.9 Å². The highest BCUT2D eigenvalue weighted by atomic mass is 35.5. The molecule has 0 aliphatic carbocycles. The van der Waals surface area contributed by atoms with Gasteiger partial charge in [0, 0.05) is 22.9 Å². The molecule has 3 aromatic rings. The van der Waals surface area contributed by atoms with Crippen molar-refractivity contribution < 1.29 is 29.0 Å². The summed E-state index contributed by atoms with van der Waals surface area (Å²) in [7, 11) is 0. The zero-order valence-electron chi connectivity index (χ0n) is 19.5. The summed E-state index contributed by atoms with van der Waals surface area (Å²) in [5.74, 6) is 4.31. The van der Waals surface area contributed by atoms with Gasteiger partial charge >= 0.3 is 0 Å². The molecule has 0 saturated heterocycles. The topological polar surface area (TPSA) is 139 Å². The number of aromatic hydroxyl groups is 3. The number of aryl methyl sites for hydroxylation is 2. The Kier molecular flexibility index (Phi) is 17.3. The van der Waals surface area contributed by atoms with Crippen LogP contribution in [0, 0.1) is 0 Å². The number of nitrogens with two attached hydrogens (primary N) is 1. The smallest absolute Gasteiger partial charge is 0.174 e. The third-order valence-electron chi connectivity index (χ3n) is 5.01. The van der Waals surface area contributed by atoms with Crippen LogP contribution in [-0.2, 0) is 23.7 Å². The van der Waals surface area contributed by atoms with Crippen LogP contribution in [0.2, 0.25) is 0 Å². The van der Waals surface area contributed by atoms with Crippen LogP contribution >= 0.6 is 11.9 Å². The Bertz CT molecular complexity index is 1040. The molecule has 0 aliphatic heterocycles. The van der Waals surface area contributed by atoms with Crippen molar-refractivity contribution in [3.05, 3.63) is 46.6 Å². The Hall–Kier alpha value is -2.81. The molecule has 2 aromatic carbocycles. The molecule has 0 unspecified atom stereocenters. The quantitative estimate of drug-likeness (QED) is 0.196. The van der Waals surface area contributed by atoms with Gasteiger partial charge in [0.1, 0.15) is 17.2 Å². The molecule has 0 spiro atoms. The molecule has 0 radical (unpaired) electrons. The molecular weight excluding hydrogens is 472 g/mol. The Balaban J connectivity index is 0. The van der Waals surface area contributed by atoms with Crippen molar-refractivity contribution in [3.63, 3.8) is 0 Å². The number of hydrogen-bond acceptors (Lipinski definition) is 8. The second kappa shape index (κ2) is 17.6. The lowest BCUT2D eigenvalue weighted by Crippen LogP contribution is -1.99. The Morgan fingerprint density at radius 1 is 0.971 bits per heavy atom. The van der Waals surface area contributed by atoms with Gasteiger partial charge in [0.05, 0.1) is 23.1 Å². The maximum absolute atomic E-state index is 11.5. The van der Waals surface area contributed by atoms with Crippen LogP contribution < -0.4 is 5.90 Å². The number of hydrogen-bond donors (Lipinski definition) is 4. The van der Waals surface area contributed by atoms with Crippen LogP contribution in [-0.4, -0.2) is 26.3 Å². The highest BCUT2D eigenvalue weighted by Gasteiger charge is 2.16. The maximum atomic E-state index is 11.5. The van der Waals surface area contributed by atoms with E-state index in [1.54, 1.807) is 13.0 Å². The van der Waals surface area contributed by atoms with Gasteiger partial charge in [0.2, 0.25) is 0 Å². The third kappa shape index (κ3) is 9.05. The fourth-order valence-electron chi connectivity index (χ4n) is 3.38. The summed E-state index contributed by atoms with van der Waals surface area (Å²) in [4.78, 5) is 11.5. The fourth-order valence-corrected chi connectivity index (χ4v) is 3.38. The van der Waals surface area contributed by atoms with Crippen LogP contribution in [0.1, 0.15) is 89.0 Å². The summed E-state index contributed by atoms with van der Waals surface area (Å²) in [6.07, 6.45) is 4.39. The number of carbonyl (C=O) groups excluding carboxylic acids is 1. The monoisotopic (exact) mass is 512 g/mol. The minimum atomic E-state index is -0.107. The number of halogens is 1. The van der Waals surface area contributed by atoms with Crippen LogP contribution in [0.4, 0.5) is 0 Å². The summed E-state index contributed by atoms with van der Waals surface area (Å²) in [6, 6.07) is 6.53. The molecular formula is C26H41ClN2O6. The van der Waals surface area contributed by atoms with Gasteiger partial charge in [-0.3, -0.25) is 4.79 Å².